The predicted octanol–water partition coefficient (Wildman–Crippen LogP) is 6.16. The summed E-state index contributed by atoms with van der Waals surface area (Å²) < 4.78 is 3.09. The van der Waals surface area contributed by atoms with Crippen LogP contribution in [0.25, 0.3) is 21.1 Å². The number of thiophene rings is 1. The van der Waals surface area contributed by atoms with Crippen molar-refractivity contribution in [3.8, 4) is 5.88 Å². The Morgan fingerprint density at radius 3 is 2.76 bits per heavy atom. The van der Waals surface area contributed by atoms with Gasteiger partial charge >= 0.3 is 0 Å². The monoisotopic (exact) mass is 525 g/mol. The molecule has 1 amide bonds. The van der Waals surface area contributed by atoms with Crippen LogP contribution in [0.2, 0.25) is 0 Å². The number of rotatable bonds is 5. The van der Waals surface area contributed by atoms with Gasteiger partial charge in [0, 0.05) is 10.3 Å². The van der Waals surface area contributed by atoms with Crippen LogP contribution in [-0.2, 0) is 24.2 Å². The highest BCUT2D eigenvalue weighted by atomic mass is 32.1. The quantitative estimate of drug-likeness (QED) is 0.278. The summed E-state index contributed by atoms with van der Waals surface area (Å²) in [5, 5.41) is 20.5. The number of fused-ring (bicyclic) bond motifs is 4. The molecule has 3 heterocycles. The Kier molecular flexibility index (Phi) is 6.15. The van der Waals surface area contributed by atoms with Crippen molar-refractivity contribution in [3.63, 3.8) is 0 Å². The molecule has 1 aliphatic carbocycles. The second kappa shape index (κ2) is 9.64. The standard InChI is InChI=1S/C29H27N5O3S/c1-17-12-13-21-23(14-17)38-27-24(21)28(36)34(16-30-27)18(2)26(35)32-31-25-20-10-6-7-11-22(20)33(29(25)37)15-19-8-4-3-5-9-19/h3-11,16-18,37H,12-15H2,1-2H3/t17-,18+/m0/s1. The fourth-order valence-electron chi connectivity index (χ4n) is 5.22. The van der Waals surface area contributed by atoms with Crippen LogP contribution in [0.4, 0.5) is 5.69 Å². The maximum atomic E-state index is 13.4. The van der Waals surface area contributed by atoms with Gasteiger partial charge in [-0.15, -0.1) is 21.6 Å². The number of para-hydroxylation sites is 1. The Labute approximate surface area is 222 Å². The summed E-state index contributed by atoms with van der Waals surface area (Å²) in [4.78, 5) is 33.0. The second-order valence-electron chi connectivity index (χ2n) is 9.96. The zero-order valence-corrected chi connectivity index (χ0v) is 22.0. The predicted molar refractivity (Wildman–Crippen MR) is 148 cm³/mol. The molecule has 0 bridgehead atoms. The summed E-state index contributed by atoms with van der Waals surface area (Å²) in [5.41, 5.74) is 2.88. The van der Waals surface area contributed by atoms with E-state index in [0.717, 1.165) is 40.7 Å². The van der Waals surface area contributed by atoms with Crippen LogP contribution in [0.15, 0.2) is 75.9 Å². The average Bonchev–Trinajstić information content (AvgIpc) is 3.42. The molecule has 0 saturated carbocycles. The molecule has 0 radical (unpaired) electrons. The molecule has 1 aliphatic rings. The minimum Gasteiger partial charge on any atom is -0.493 e. The number of benzene rings is 2. The number of aromatic nitrogens is 3. The van der Waals surface area contributed by atoms with E-state index in [-0.39, 0.29) is 17.1 Å². The SMILES string of the molecule is C[C@H]1CCc2c(sc3ncn([C@H](C)C(=O)N=Nc4c(O)n(Cc5ccccc5)c5ccccc45)c(=O)c23)C1. The third kappa shape index (κ3) is 4.12. The van der Waals surface area contributed by atoms with E-state index < -0.39 is 11.9 Å². The Morgan fingerprint density at radius 2 is 1.95 bits per heavy atom. The van der Waals surface area contributed by atoms with Crippen molar-refractivity contribution in [2.75, 3.05) is 0 Å². The first kappa shape index (κ1) is 24.2. The molecule has 0 fully saturated rings. The molecule has 38 heavy (non-hydrogen) atoms. The lowest BCUT2D eigenvalue weighted by Crippen LogP contribution is -2.28. The van der Waals surface area contributed by atoms with E-state index in [0.29, 0.717) is 23.2 Å². The van der Waals surface area contributed by atoms with Gasteiger partial charge in [-0.2, -0.15) is 0 Å². The van der Waals surface area contributed by atoms with E-state index >= 15 is 0 Å². The first-order chi connectivity index (χ1) is 18.4. The number of nitrogens with zero attached hydrogens (tertiary/aromatic N) is 5. The molecule has 1 N–H and O–H groups in total. The maximum absolute atomic E-state index is 13.4. The Hall–Kier alpha value is -4.11. The number of aromatic hydroxyl groups is 1. The van der Waals surface area contributed by atoms with Crippen LogP contribution in [-0.4, -0.2) is 25.1 Å². The number of aryl methyl sites for hydroxylation is 1. The van der Waals surface area contributed by atoms with Crippen LogP contribution in [0.3, 0.4) is 0 Å². The van der Waals surface area contributed by atoms with Gasteiger partial charge in [-0.1, -0.05) is 55.5 Å². The molecular formula is C29H27N5O3S. The van der Waals surface area contributed by atoms with Crippen LogP contribution >= 0.6 is 11.3 Å². The Morgan fingerprint density at radius 1 is 1.18 bits per heavy atom. The van der Waals surface area contributed by atoms with Crippen molar-refractivity contribution >= 4 is 44.1 Å². The van der Waals surface area contributed by atoms with Gasteiger partial charge in [-0.3, -0.25) is 14.2 Å². The molecule has 0 spiro atoms. The van der Waals surface area contributed by atoms with E-state index in [4.69, 9.17) is 0 Å². The molecule has 192 valence electrons. The van der Waals surface area contributed by atoms with Gasteiger partial charge in [-0.25, -0.2) is 4.98 Å². The number of amides is 1. The molecule has 0 unspecified atom stereocenters. The van der Waals surface area contributed by atoms with Crippen molar-refractivity contribution in [1.29, 1.82) is 0 Å². The lowest BCUT2D eigenvalue weighted by Gasteiger charge is -2.17. The van der Waals surface area contributed by atoms with Gasteiger partial charge in [0.1, 0.15) is 10.9 Å². The number of carbonyl (C=O) groups excluding carboxylic acids is 1. The normalized spacial score (nSPS) is 16.3. The molecule has 2 atom stereocenters. The molecule has 5 aromatic rings. The third-order valence-corrected chi connectivity index (χ3v) is 8.53. The number of azo groups is 1. The number of hydrogen-bond donors (Lipinski definition) is 1. The first-order valence-corrected chi connectivity index (χ1v) is 13.5. The molecule has 8 nitrogen and oxygen atoms in total. The van der Waals surface area contributed by atoms with E-state index in [9.17, 15) is 14.7 Å². The highest BCUT2D eigenvalue weighted by molar-refractivity contribution is 7.18. The highest BCUT2D eigenvalue weighted by Crippen LogP contribution is 2.39. The lowest BCUT2D eigenvalue weighted by atomic mass is 9.89. The number of hydrogen-bond acceptors (Lipinski definition) is 6. The van der Waals surface area contributed by atoms with Gasteiger partial charge in [0.25, 0.3) is 11.5 Å². The molecule has 2 aromatic carbocycles. The fourth-order valence-corrected chi connectivity index (χ4v) is 6.56. The van der Waals surface area contributed by atoms with Crippen LogP contribution in [0.1, 0.15) is 42.3 Å². The molecule has 9 heteroatoms. The van der Waals surface area contributed by atoms with Crippen molar-refractivity contribution < 1.29 is 9.90 Å². The molecule has 6 rings (SSSR count). The Balaban J connectivity index is 1.32. The van der Waals surface area contributed by atoms with Crippen molar-refractivity contribution in [2.45, 2.75) is 45.7 Å². The second-order valence-corrected chi connectivity index (χ2v) is 11.0. The first-order valence-electron chi connectivity index (χ1n) is 12.7. The Bertz CT molecular complexity index is 1770. The van der Waals surface area contributed by atoms with E-state index in [1.807, 2.05) is 54.6 Å². The summed E-state index contributed by atoms with van der Waals surface area (Å²) in [5.74, 6) is -0.0716. The largest absolute Gasteiger partial charge is 0.493 e. The fraction of sp³-hybridized carbons (Fsp3) is 0.276. The molecule has 0 saturated heterocycles. The minimum absolute atomic E-state index is 0.0707. The zero-order chi connectivity index (χ0) is 26.4. The van der Waals surface area contributed by atoms with Gasteiger partial charge in [-0.05, 0) is 49.3 Å². The highest BCUT2D eigenvalue weighted by Gasteiger charge is 2.25. The van der Waals surface area contributed by atoms with E-state index in [2.05, 4.69) is 22.1 Å². The van der Waals surface area contributed by atoms with Crippen LogP contribution in [0, 0.1) is 5.92 Å². The maximum Gasteiger partial charge on any atom is 0.287 e. The third-order valence-electron chi connectivity index (χ3n) is 7.37. The summed E-state index contributed by atoms with van der Waals surface area (Å²) in [6.07, 6.45) is 4.28. The lowest BCUT2D eigenvalue weighted by molar-refractivity contribution is -0.121. The summed E-state index contributed by atoms with van der Waals surface area (Å²) in [7, 11) is 0. The number of carbonyl (C=O) groups is 1. The minimum atomic E-state index is -0.888. The van der Waals surface area contributed by atoms with Crippen molar-refractivity contribution in [3.05, 3.63) is 87.3 Å². The average molecular weight is 526 g/mol. The smallest absolute Gasteiger partial charge is 0.287 e. The van der Waals surface area contributed by atoms with Crippen LogP contribution in [0.5, 0.6) is 5.88 Å². The van der Waals surface area contributed by atoms with Gasteiger partial charge in [0.05, 0.1) is 23.8 Å². The van der Waals surface area contributed by atoms with Gasteiger partial charge in [0.2, 0.25) is 5.88 Å². The molecular weight excluding hydrogens is 498 g/mol. The van der Waals surface area contributed by atoms with Crippen LogP contribution < -0.4 is 5.56 Å². The van der Waals surface area contributed by atoms with E-state index in [1.165, 1.54) is 15.8 Å². The van der Waals surface area contributed by atoms with Crippen molar-refractivity contribution in [1.82, 2.24) is 14.1 Å². The summed E-state index contributed by atoms with van der Waals surface area (Å²) >= 11 is 1.58. The van der Waals surface area contributed by atoms with E-state index in [1.54, 1.807) is 22.8 Å². The van der Waals surface area contributed by atoms with Gasteiger partial charge < -0.3 is 9.67 Å². The molecule has 0 aliphatic heterocycles. The summed E-state index contributed by atoms with van der Waals surface area (Å²) in [6.45, 7) is 4.29. The van der Waals surface area contributed by atoms with Crippen molar-refractivity contribution in [2.24, 2.45) is 16.1 Å². The van der Waals surface area contributed by atoms with Gasteiger partial charge in [0.15, 0.2) is 5.69 Å². The zero-order valence-electron chi connectivity index (χ0n) is 21.2. The molecule has 3 aromatic heterocycles. The summed E-state index contributed by atoms with van der Waals surface area (Å²) in [6, 6.07) is 16.4. The topological polar surface area (TPSA) is 102 Å².